The van der Waals surface area contributed by atoms with Gasteiger partial charge in [0.25, 0.3) is 5.91 Å². The van der Waals surface area contributed by atoms with Crippen LogP contribution in [0.4, 0.5) is 0 Å². The Morgan fingerprint density at radius 3 is 2.30 bits per heavy atom. The van der Waals surface area contributed by atoms with Crippen molar-refractivity contribution in [1.29, 1.82) is 0 Å². The molecule has 0 bridgehead atoms. The molecule has 1 amide bonds. The van der Waals surface area contributed by atoms with E-state index < -0.39 is 30.0 Å². The van der Waals surface area contributed by atoms with E-state index in [1.165, 1.54) is 33.2 Å². The molecule has 1 aromatic heterocycles. The number of rotatable bonds is 10. The number of ether oxygens (including phenoxy) is 3. The molecule has 37 heavy (non-hydrogen) atoms. The van der Waals surface area contributed by atoms with Crippen molar-refractivity contribution in [2.45, 2.75) is 45.3 Å². The number of esters is 2. The average Bonchev–Trinajstić information content (AvgIpc) is 2.88. The van der Waals surface area contributed by atoms with Gasteiger partial charge in [0.1, 0.15) is 12.1 Å². The van der Waals surface area contributed by atoms with Gasteiger partial charge in [-0.1, -0.05) is 54.1 Å². The number of carbonyl (C=O) groups is 3. The topological polar surface area (TPSA) is 104 Å². The molecule has 0 radical (unpaired) electrons. The maximum Gasteiger partial charge on any atom is 0.328 e. The highest BCUT2D eigenvalue weighted by molar-refractivity contribution is 6.30. The fourth-order valence-electron chi connectivity index (χ4n) is 3.82. The summed E-state index contributed by atoms with van der Waals surface area (Å²) in [7, 11) is 1.37. The first-order valence-corrected chi connectivity index (χ1v) is 12.1. The molecule has 3 rings (SSSR count). The van der Waals surface area contributed by atoms with Crippen LogP contribution in [0.15, 0.2) is 66.9 Å². The second-order valence-corrected chi connectivity index (χ2v) is 8.91. The number of hydrogen-bond donors (Lipinski definition) is 1. The van der Waals surface area contributed by atoms with Crippen molar-refractivity contribution in [2.75, 3.05) is 7.11 Å². The Balaban J connectivity index is 1.73. The Bertz CT molecular complexity index is 1230. The molecule has 9 heteroatoms. The van der Waals surface area contributed by atoms with Crippen LogP contribution in [-0.2, 0) is 20.7 Å². The van der Waals surface area contributed by atoms with Gasteiger partial charge < -0.3 is 19.5 Å². The first-order chi connectivity index (χ1) is 17.7. The highest BCUT2D eigenvalue weighted by Crippen LogP contribution is 2.30. The Hall–Kier alpha value is -3.91. The molecule has 3 atom stereocenters. The number of nitrogens with zero attached hydrogens (tertiary/aromatic N) is 1. The SMILES string of the molecule is COc1ccnc(C(=O)N[C@@H](C)C(=O)O[C@@H](C)[C@H](Cc2ccc(Cl)cc2)c2ccccc2)c1OC(C)=O. The molecule has 1 N–H and O–H groups in total. The first kappa shape index (κ1) is 27.7. The van der Waals surface area contributed by atoms with Crippen molar-refractivity contribution in [2.24, 2.45) is 0 Å². The summed E-state index contributed by atoms with van der Waals surface area (Å²) in [4.78, 5) is 41.4. The lowest BCUT2D eigenvalue weighted by Gasteiger charge is -2.26. The van der Waals surface area contributed by atoms with Gasteiger partial charge in [-0.3, -0.25) is 9.59 Å². The zero-order valence-corrected chi connectivity index (χ0v) is 21.8. The highest BCUT2D eigenvalue weighted by atomic mass is 35.5. The number of aromatic nitrogens is 1. The average molecular weight is 525 g/mol. The minimum atomic E-state index is -1.000. The smallest absolute Gasteiger partial charge is 0.328 e. The van der Waals surface area contributed by atoms with Crippen LogP contribution in [0.1, 0.15) is 48.3 Å². The largest absolute Gasteiger partial charge is 0.493 e. The number of nitrogens with one attached hydrogen (secondary N) is 1. The van der Waals surface area contributed by atoms with Crippen LogP contribution in [-0.4, -0.2) is 42.1 Å². The highest BCUT2D eigenvalue weighted by Gasteiger charge is 2.28. The third kappa shape index (κ3) is 7.54. The summed E-state index contributed by atoms with van der Waals surface area (Å²) in [6.07, 6.45) is 1.46. The monoisotopic (exact) mass is 524 g/mol. The fraction of sp³-hybridized carbons (Fsp3) is 0.286. The zero-order valence-electron chi connectivity index (χ0n) is 21.1. The third-order valence-electron chi connectivity index (χ3n) is 5.72. The molecule has 0 unspecified atom stereocenters. The van der Waals surface area contributed by atoms with Crippen molar-refractivity contribution in [3.8, 4) is 11.5 Å². The van der Waals surface area contributed by atoms with E-state index in [2.05, 4.69) is 10.3 Å². The molecule has 3 aromatic rings. The first-order valence-electron chi connectivity index (χ1n) is 11.7. The number of amides is 1. The molecule has 0 saturated heterocycles. The van der Waals surface area contributed by atoms with Gasteiger partial charge in [0, 0.05) is 30.1 Å². The van der Waals surface area contributed by atoms with Gasteiger partial charge in [0.05, 0.1) is 7.11 Å². The van der Waals surface area contributed by atoms with E-state index in [9.17, 15) is 14.4 Å². The molecule has 0 spiro atoms. The lowest BCUT2D eigenvalue weighted by Crippen LogP contribution is -2.41. The Morgan fingerprint density at radius 2 is 1.68 bits per heavy atom. The summed E-state index contributed by atoms with van der Waals surface area (Å²) < 4.78 is 16.1. The second-order valence-electron chi connectivity index (χ2n) is 8.47. The fourth-order valence-corrected chi connectivity index (χ4v) is 3.94. The maximum atomic E-state index is 13.0. The Labute approximate surface area is 220 Å². The standard InChI is InChI=1S/C28H29ClN2O6/c1-17(31-27(33)25-26(37-19(3)32)24(35-4)14-15-30-25)28(34)36-18(2)23(21-8-6-5-7-9-21)16-20-10-12-22(29)13-11-20/h5-15,17-18,23H,16H2,1-4H3,(H,31,33)/t17-,18-,23-/m0/s1. The van der Waals surface area contributed by atoms with Crippen LogP contribution in [0.3, 0.4) is 0 Å². The van der Waals surface area contributed by atoms with Crippen molar-refractivity contribution in [3.63, 3.8) is 0 Å². The van der Waals surface area contributed by atoms with E-state index in [1.807, 2.05) is 61.5 Å². The molecule has 0 fully saturated rings. The molecular weight excluding hydrogens is 496 g/mol. The molecule has 0 aliphatic heterocycles. The summed E-state index contributed by atoms with van der Waals surface area (Å²) in [6.45, 7) is 4.53. The van der Waals surface area contributed by atoms with Crippen LogP contribution in [0.25, 0.3) is 0 Å². The van der Waals surface area contributed by atoms with Crippen LogP contribution in [0.5, 0.6) is 11.5 Å². The minimum Gasteiger partial charge on any atom is -0.493 e. The molecule has 1 heterocycles. The number of hydrogen-bond acceptors (Lipinski definition) is 7. The zero-order chi connectivity index (χ0) is 26.9. The quantitative estimate of drug-likeness (QED) is 0.382. The summed E-state index contributed by atoms with van der Waals surface area (Å²) in [5.41, 5.74) is 1.87. The van der Waals surface area contributed by atoms with Gasteiger partial charge in [0.15, 0.2) is 11.4 Å². The van der Waals surface area contributed by atoms with E-state index in [1.54, 1.807) is 0 Å². The minimum absolute atomic E-state index is 0.129. The van der Waals surface area contributed by atoms with Crippen molar-refractivity contribution in [3.05, 3.63) is 88.7 Å². The number of halogens is 1. The Morgan fingerprint density at radius 1 is 1.00 bits per heavy atom. The molecule has 0 aliphatic rings. The molecule has 194 valence electrons. The molecule has 0 aliphatic carbocycles. The van der Waals surface area contributed by atoms with E-state index in [0.717, 1.165) is 11.1 Å². The van der Waals surface area contributed by atoms with Gasteiger partial charge in [-0.2, -0.15) is 0 Å². The summed E-state index contributed by atoms with van der Waals surface area (Å²) in [5, 5.41) is 3.21. The summed E-state index contributed by atoms with van der Waals surface area (Å²) >= 11 is 6.03. The van der Waals surface area contributed by atoms with E-state index in [4.69, 9.17) is 25.8 Å². The molecule has 2 aromatic carbocycles. The number of benzene rings is 2. The van der Waals surface area contributed by atoms with Crippen LogP contribution in [0, 0.1) is 0 Å². The van der Waals surface area contributed by atoms with Gasteiger partial charge in [-0.05, 0) is 43.5 Å². The predicted molar refractivity (Wildman–Crippen MR) is 139 cm³/mol. The van der Waals surface area contributed by atoms with Crippen molar-refractivity contribution in [1.82, 2.24) is 10.3 Å². The van der Waals surface area contributed by atoms with Crippen LogP contribution in [0.2, 0.25) is 5.02 Å². The van der Waals surface area contributed by atoms with E-state index >= 15 is 0 Å². The summed E-state index contributed by atoms with van der Waals surface area (Å²) in [6, 6.07) is 17.8. The Kier molecular flexibility index (Phi) is 9.63. The van der Waals surface area contributed by atoms with Gasteiger partial charge in [-0.25, -0.2) is 9.78 Å². The lowest BCUT2D eigenvalue weighted by atomic mass is 9.88. The predicted octanol–water partition coefficient (Wildman–Crippen LogP) is 4.75. The summed E-state index contributed by atoms with van der Waals surface area (Å²) in [5.74, 6) is -2.08. The maximum absolute atomic E-state index is 13.0. The normalized spacial score (nSPS) is 13.1. The van der Waals surface area contributed by atoms with Gasteiger partial charge >= 0.3 is 11.9 Å². The van der Waals surface area contributed by atoms with Crippen molar-refractivity contribution >= 4 is 29.4 Å². The van der Waals surface area contributed by atoms with Gasteiger partial charge in [0.2, 0.25) is 5.75 Å². The van der Waals surface area contributed by atoms with Crippen molar-refractivity contribution < 1.29 is 28.6 Å². The van der Waals surface area contributed by atoms with Crippen LogP contribution >= 0.6 is 11.6 Å². The van der Waals surface area contributed by atoms with E-state index in [0.29, 0.717) is 11.4 Å². The second kappa shape index (κ2) is 12.9. The lowest BCUT2D eigenvalue weighted by molar-refractivity contribution is -0.151. The third-order valence-corrected chi connectivity index (χ3v) is 5.97. The van der Waals surface area contributed by atoms with E-state index in [-0.39, 0.29) is 23.1 Å². The van der Waals surface area contributed by atoms with Crippen LogP contribution < -0.4 is 14.8 Å². The van der Waals surface area contributed by atoms with Gasteiger partial charge in [-0.15, -0.1) is 0 Å². The number of methoxy groups -OCH3 is 1. The molecule has 8 nitrogen and oxygen atoms in total. The number of pyridine rings is 1. The number of carbonyl (C=O) groups excluding carboxylic acids is 3. The molecule has 0 saturated carbocycles. The molecular formula is C28H29ClN2O6.